The summed E-state index contributed by atoms with van der Waals surface area (Å²) in [7, 11) is 0. The summed E-state index contributed by atoms with van der Waals surface area (Å²) in [6, 6.07) is 9.49. The third kappa shape index (κ3) is 7.56. The van der Waals surface area contributed by atoms with Crippen LogP contribution >= 0.6 is 23.8 Å². The fraction of sp³-hybridized carbons (Fsp3) is 0.500. The van der Waals surface area contributed by atoms with Gasteiger partial charge in [-0.2, -0.15) is 13.2 Å². The second-order valence-corrected chi connectivity index (χ2v) is 10.6. The maximum Gasteiger partial charge on any atom is 0.416 e. The summed E-state index contributed by atoms with van der Waals surface area (Å²) >= 11 is 11.9. The molecule has 5 nitrogen and oxygen atoms in total. The van der Waals surface area contributed by atoms with Crippen molar-refractivity contribution in [3.63, 3.8) is 0 Å². The zero-order chi connectivity index (χ0) is 26.5. The number of thiocarbonyl (C=S) groups is 1. The SMILES string of the molecule is CC(C)CC(C(=S)NC1CCCCC1)N(Cc1ccc(Cl)cc1)c1ccc(C(F)(F)F)cc1[N+](=O)[O-]. The largest absolute Gasteiger partial charge is 0.416 e. The quantitative estimate of drug-likeness (QED) is 0.198. The molecular formula is C26H31ClF3N3O2S. The van der Waals surface area contributed by atoms with Gasteiger partial charge in [-0.05, 0) is 55.0 Å². The number of rotatable bonds is 9. The normalized spacial score (nSPS) is 15.5. The highest BCUT2D eigenvalue weighted by Gasteiger charge is 2.36. The van der Waals surface area contributed by atoms with E-state index in [1.165, 1.54) is 12.5 Å². The van der Waals surface area contributed by atoms with Crippen LogP contribution in [0.1, 0.15) is 63.5 Å². The van der Waals surface area contributed by atoms with Crippen molar-refractivity contribution in [2.45, 2.75) is 77.2 Å². The topological polar surface area (TPSA) is 58.4 Å². The molecule has 2 aromatic rings. The van der Waals surface area contributed by atoms with E-state index in [9.17, 15) is 23.3 Å². The zero-order valence-corrected chi connectivity index (χ0v) is 21.9. The standard InChI is InChI=1S/C26H31ClF3N3O2S/c1-17(2)14-24(25(36)31-21-6-4-3-5-7-21)32(16-18-8-11-20(27)12-9-18)22-13-10-19(26(28,29)30)15-23(22)33(34)35/h8-13,15,17,21,24H,3-7,14,16H2,1-2H3,(H,31,36). The molecule has 0 bridgehead atoms. The van der Waals surface area contributed by atoms with E-state index < -0.39 is 28.4 Å². The molecule has 36 heavy (non-hydrogen) atoms. The van der Waals surface area contributed by atoms with E-state index in [1.54, 1.807) is 29.2 Å². The van der Waals surface area contributed by atoms with Crippen molar-refractivity contribution < 1.29 is 18.1 Å². The van der Waals surface area contributed by atoms with Gasteiger partial charge in [-0.15, -0.1) is 0 Å². The fourth-order valence-corrected chi connectivity index (χ4v) is 5.12. The van der Waals surface area contributed by atoms with E-state index in [1.807, 2.05) is 13.8 Å². The minimum Gasteiger partial charge on any atom is -0.375 e. The lowest BCUT2D eigenvalue weighted by atomic mass is 9.94. The van der Waals surface area contributed by atoms with Crippen molar-refractivity contribution in [1.82, 2.24) is 5.32 Å². The van der Waals surface area contributed by atoms with Crippen LogP contribution in [0.3, 0.4) is 0 Å². The average Bonchev–Trinajstić information content (AvgIpc) is 2.82. The third-order valence-electron chi connectivity index (χ3n) is 6.40. The molecule has 0 spiro atoms. The highest BCUT2D eigenvalue weighted by atomic mass is 35.5. The first-order valence-corrected chi connectivity index (χ1v) is 12.9. The summed E-state index contributed by atoms with van der Waals surface area (Å²) < 4.78 is 40.2. The van der Waals surface area contributed by atoms with Crippen LogP contribution in [0.25, 0.3) is 0 Å². The van der Waals surface area contributed by atoms with Crippen molar-refractivity contribution in [3.05, 3.63) is 68.7 Å². The molecule has 196 valence electrons. The highest BCUT2D eigenvalue weighted by Crippen LogP contribution is 2.38. The van der Waals surface area contributed by atoms with Gasteiger partial charge in [-0.25, -0.2) is 0 Å². The minimum atomic E-state index is -4.69. The van der Waals surface area contributed by atoms with Crippen molar-refractivity contribution in [1.29, 1.82) is 0 Å². The van der Waals surface area contributed by atoms with E-state index >= 15 is 0 Å². The summed E-state index contributed by atoms with van der Waals surface area (Å²) in [5.74, 6) is 0.183. The molecule has 10 heteroatoms. The van der Waals surface area contributed by atoms with Gasteiger partial charge in [-0.1, -0.05) is 69.1 Å². The summed E-state index contributed by atoms with van der Waals surface area (Å²) in [6.07, 6.45) is 1.25. The van der Waals surface area contributed by atoms with Gasteiger partial charge in [0.2, 0.25) is 0 Å². The second kappa shape index (κ2) is 12.2. The van der Waals surface area contributed by atoms with Crippen LogP contribution in [-0.2, 0) is 12.7 Å². The van der Waals surface area contributed by atoms with Gasteiger partial charge in [0.25, 0.3) is 5.69 Å². The van der Waals surface area contributed by atoms with Crippen LogP contribution in [-0.4, -0.2) is 22.0 Å². The molecule has 1 unspecified atom stereocenters. The number of hydrogen-bond acceptors (Lipinski definition) is 4. The Kier molecular flexibility index (Phi) is 9.58. The van der Waals surface area contributed by atoms with Gasteiger partial charge in [0.1, 0.15) is 5.69 Å². The number of nitro benzene ring substituents is 1. The Labute approximate surface area is 220 Å². The van der Waals surface area contributed by atoms with Crippen molar-refractivity contribution in [2.24, 2.45) is 5.92 Å². The fourth-order valence-electron chi connectivity index (χ4n) is 4.61. The van der Waals surface area contributed by atoms with Gasteiger partial charge >= 0.3 is 6.18 Å². The maximum atomic E-state index is 13.4. The predicted molar refractivity (Wildman–Crippen MR) is 142 cm³/mol. The Morgan fingerprint density at radius 1 is 1.17 bits per heavy atom. The Balaban J connectivity index is 2.08. The van der Waals surface area contributed by atoms with E-state index in [2.05, 4.69) is 5.32 Å². The molecule has 1 fully saturated rings. The third-order valence-corrected chi connectivity index (χ3v) is 7.04. The first kappa shape index (κ1) is 28.2. The van der Waals surface area contributed by atoms with Crippen LogP contribution in [0.15, 0.2) is 42.5 Å². The average molecular weight is 542 g/mol. The van der Waals surface area contributed by atoms with Crippen molar-refractivity contribution in [3.8, 4) is 0 Å². The molecule has 0 radical (unpaired) electrons. The van der Waals surface area contributed by atoms with E-state index in [4.69, 9.17) is 23.8 Å². The summed E-state index contributed by atoms with van der Waals surface area (Å²) in [5.41, 5.74) is -0.759. The van der Waals surface area contributed by atoms with E-state index in [0.29, 0.717) is 22.5 Å². The lowest BCUT2D eigenvalue weighted by Gasteiger charge is -2.37. The monoisotopic (exact) mass is 541 g/mol. The smallest absolute Gasteiger partial charge is 0.375 e. The molecule has 0 amide bonds. The molecule has 1 saturated carbocycles. The predicted octanol–water partition coefficient (Wildman–Crippen LogP) is 7.94. The summed E-state index contributed by atoms with van der Waals surface area (Å²) in [4.78, 5) is 13.5. The van der Waals surface area contributed by atoms with Gasteiger partial charge in [0, 0.05) is 23.7 Å². The minimum absolute atomic E-state index is 0.0985. The first-order chi connectivity index (χ1) is 17.0. The van der Waals surface area contributed by atoms with Crippen LogP contribution in [0.4, 0.5) is 24.5 Å². The molecule has 0 aliphatic heterocycles. The lowest BCUT2D eigenvalue weighted by molar-refractivity contribution is -0.384. The van der Waals surface area contributed by atoms with Gasteiger partial charge < -0.3 is 10.2 Å². The number of nitrogens with zero attached hydrogens (tertiary/aromatic N) is 2. The Morgan fingerprint density at radius 3 is 2.36 bits per heavy atom. The molecule has 0 heterocycles. The summed E-state index contributed by atoms with van der Waals surface area (Å²) in [5, 5.41) is 16.0. The lowest BCUT2D eigenvalue weighted by Crippen LogP contribution is -2.50. The van der Waals surface area contributed by atoms with Gasteiger partial charge in [-0.3, -0.25) is 10.1 Å². The number of anilines is 1. The number of benzene rings is 2. The number of halogens is 4. The molecule has 1 atom stereocenters. The molecule has 1 aliphatic rings. The van der Waals surface area contributed by atoms with Crippen LogP contribution < -0.4 is 10.2 Å². The zero-order valence-electron chi connectivity index (χ0n) is 20.4. The Bertz CT molecular complexity index is 1060. The highest BCUT2D eigenvalue weighted by molar-refractivity contribution is 7.80. The first-order valence-electron chi connectivity index (χ1n) is 12.1. The van der Waals surface area contributed by atoms with E-state index in [0.717, 1.165) is 37.3 Å². The molecule has 1 N–H and O–H groups in total. The van der Waals surface area contributed by atoms with Crippen molar-refractivity contribution in [2.75, 3.05) is 4.90 Å². The summed E-state index contributed by atoms with van der Waals surface area (Å²) in [6.45, 7) is 4.27. The molecule has 2 aromatic carbocycles. The molecule has 0 aromatic heterocycles. The molecule has 3 rings (SSSR count). The molecular weight excluding hydrogens is 511 g/mol. The number of nitrogens with one attached hydrogen (secondary N) is 1. The molecule has 0 saturated heterocycles. The van der Waals surface area contributed by atoms with Crippen LogP contribution in [0.5, 0.6) is 0 Å². The number of hydrogen-bond donors (Lipinski definition) is 1. The second-order valence-electron chi connectivity index (χ2n) is 9.70. The van der Waals surface area contributed by atoms with Gasteiger partial charge in [0.15, 0.2) is 0 Å². The van der Waals surface area contributed by atoms with Gasteiger partial charge in [0.05, 0.1) is 21.5 Å². The number of alkyl halides is 3. The Morgan fingerprint density at radius 2 is 1.81 bits per heavy atom. The Hall–Kier alpha value is -2.39. The molecule has 1 aliphatic carbocycles. The van der Waals surface area contributed by atoms with Crippen LogP contribution in [0, 0.1) is 16.0 Å². The van der Waals surface area contributed by atoms with Crippen molar-refractivity contribution >= 4 is 40.2 Å². The number of nitro groups is 1. The van der Waals surface area contributed by atoms with E-state index in [-0.39, 0.29) is 24.2 Å². The maximum absolute atomic E-state index is 13.4. The van der Waals surface area contributed by atoms with Crippen LogP contribution in [0.2, 0.25) is 5.02 Å².